The van der Waals surface area contributed by atoms with Gasteiger partial charge in [-0.15, -0.1) is 0 Å². The van der Waals surface area contributed by atoms with Gasteiger partial charge in [0, 0.05) is 50.6 Å². The molecule has 0 atom stereocenters. The molecule has 2 N–H and O–H groups in total. The minimum absolute atomic E-state index is 0.956. The lowest BCUT2D eigenvalue weighted by Crippen LogP contribution is -2.25. The molecule has 0 saturated heterocycles. The number of hydrogen-bond donors (Lipinski definition) is 2. The van der Waals surface area contributed by atoms with E-state index in [9.17, 15) is 0 Å². The van der Waals surface area contributed by atoms with Crippen LogP contribution in [0.5, 0.6) is 0 Å². The van der Waals surface area contributed by atoms with E-state index >= 15 is 0 Å². The molecule has 0 fully saturated rings. The van der Waals surface area contributed by atoms with Gasteiger partial charge in [0.15, 0.2) is 0 Å². The van der Waals surface area contributed by atoms with Crippen LogP contribution in [0.25, 0.3) is 0 Å². The number of hydrogen-bond acceptors (Lipinski definition) is 4. The summed E-state index contributed by atoms with van der Waals surface area (Å²) in [6.45, 7) is 17.9. The Labute approximate surface area is 242 Å². The molecule has 0 aliphatic rings. The Morgan fingerprint density at radius 3 is 1.15 bits per heavy atom. The summed E-state index contributed by atoms with van der Waals surface area (Å²) in [5, 5.41) is 7.27. The first-order valence-electron chi connectivity index (χ1n) is 16.3. The predicted molar refractivity (Wildman–Crippen MR) is 174 cm³/mol. The molecular weight excluding hydrogens is 476 g/mol. The average molecular weight is 537 g/mol. The highest BCUT2D eigenvalue weighted by Gasteiger charge is 2.07. The second kappa shape index (κ2) is 21.7. The van der Waals surface area contributed by atoms with E-state index in [0.717, 1.165) is 26.2 Å². The Morgan fingerprint density at radius 2 is 0.795 bits per heavy atom. The first-order chi connectivity index (χ1) is 19.2. The summed E-state index contributed by atoms with van der Waals surface area (Å²) in [5.74, 6) is 0. The standard InChI is InChI=1S/C35H60N4/c1-5-9-15-29-39(28-12-8-4)35-22-18-33(19-23-35)31-37-25-14-13-24-36-30-32-16-20-34(21-17-32)38(26-10-6-2)27-11-7-3/h16-23,36-37H,5-15,24-31H2,1-4H3. The number of nitrogens with one attached hydrogen (secondary N) is 2. The van der Waals surface area contributed by atoms with Gasteiger partial charge in [-0.2, -0.15) is 0 Å². The molecule has 0 radical (unpaired) electrons. The molecule has 220 valence electrons. The van der Waals surface area contributed by atoms with E-state index in [1.807, 2.05) is 0 Å². The van der Waals surface area contributed by atoms with Crippen LogP contribution < -0.4 is 20.4 Å². The maximum atomic E-state index is 3.63. The van der Waals surface area contributed by atoms with Gasteiger partial charge in [-0.25, -0.2) is 0 Å². The molecule has 2 aromatic rings. The maximum absolute atomic E-state index is 3.63. The number of unbranched alkanes of at least 4 members (excludes halogenated alkanes) is 6. The van der Waals surface area contributed by atoms with Crippen molar-refractivity contribution in [1.82, 2.24) is 10.6 Å². The Kier molecular flexibility index (Phi) is 18.5. The van der Waals surface area contributed by atoms with Gasteiger partial charge in [-0.1, -0.05) is 84.1 Å². The molecule has 39 heavy (non-hydrogen) atoms. The molecule has 4 nitrogen and oxygen atoms in total. The second-order valence-corrected chi connectivity index (χ2v) is 11.1. The summed E-state index contributed by atoms with van der Waals surface area (Å²) in [5.41, 5.74) is 5.52. The molecule has 0 amide bonds. The van der Waals surface area contributed by atoms with Crippen LogP contribution in [0.2, 0.25) is 0 Å². The van der Waals surface area contributed by atoms with Gasteiger partial charge in [0.05, 0.1) is 0 Å². The summed E-state index contributed by atoms with van der Waals surface area (Å²) < 4.78 is 0. The fourth-order valence-electron chi connectivity index (χ4n) is 4.95. The van der Waals surface area contributed by atoms with Gasteiger partial charge < -0.3 is 20.4 Å². The van der Waals surface area contributed by atoms with Crippen LogP contribution in [0.4, 0.5) is 11.4 Å². The highest BCUT2D eigenvalue weighted by molar-refractivity contribution is 5.48. The van der Waals surface area contributed by atoms with E-state index in [-0.39, 0.29) is 0 Å². The minimum atomic E-state index is 0.956. The van der Waals surface area contributed by atoms with E-state index in [0.29, 0.717) is 0 Å². The topological polar surface area (TPSA) is 30.5 Å². The van der Waals surface area contributed by atoms with Crippen molar-refractivity contribution in [3.8, 4) is 0 Å². The number of anilines is 2. The summed E-state index contributed by atoms with van der Waals surface area (Å²) in [7, 11) is 0. The number of rotatable bonds is 24. The van der Waals surface area contributed by atoms with Crippen LogP contribution in [0.15, 0.2) is 48.5 Å². The highest BCUT2D eigenvalue weighted by Crippen LogP contribution is 2.18. The third-order valence-electron chi connectivity index (χ3n) is 7.59. The molecule has 2 rings (SSSR count). The molecule has 0 aromatic heterocycles. The lowest BCUT2D eigenvalue weighted by molar-refractivity contribution is 0.582. The monoisotopic (exact) mass is 536 g/mol. The van der Waals surface area contributed by atoms with Crippen molar-refractivity contribution in [2.45, 2.75) is 111 Å². The summed E-state index contributed by atoms with van der Waals surface area (Å²) in [4.78, 5) is 5.13. The van der Waals surface area contributed by atoms with E-state index in [1.54, 1.807) is 0 Å². The normalized spacial score (nSPS) is 11.2. The van der Waals surface area contributed by atoms with Crippen molar-refractivity contribution in [3.63, 3.8) is 0 Å². The van der Waals surface area contributed by atoms with Gasteiger partial charge in [-0.05, 0) is 87.0 Å². The van der Waals surface area contributed by atoms with Crippen LogP contribution in [0, 0.1) is 0 Å². The quantitative estimate of drug-likeness (QED) is 0.132. The fourth-order valence-corrected chi connectivity index (χ4v) is 4.95. The maximum Gasteiger partial charge on any atom is 0.0366 e. The number of nitrogens with zero attached hydrogens (tertiary/aromatic N) is 2. The molecule has 0 heterocycles. The van der Waals surface area contributed by atoms with Crippen LogP contribution in [-0.4, -0.2) is 39.3 Å². The SMILES string of the molecule is CCCCCN(CCCC)c1ccc(CNCCCCNCc2ccc(N(CCCC)CCCC)cc2)cc1. The molecular formula is C35H60N4. The summed E-state index contributed by atoms with van der Waals surface area (Å²) in [6.07, 6.45) is 13.9. The largest absolute Gasteiger partial charge is 0.372 e. The van der Waals surface area contributed by atoms with Gasteiger partial charge in [0.1, 0.15) is 0 Å². The van der Waals surface area contributed by atoms with Crippen LogP contribution >= 0.6 is 0 Å². The van der Waals surface area contributed by atoms with E-state index in [4.69, 9.17) is 0 Å². The van der Waals surface area contributed by atoms with Gasteiger partial charge in [-0.3, -0.25) is 0 Å². The van der Waals surface area contributed by atoms with Crippen molar-refractivity contribution in [2.24, 2.45) is 0 Å². The van der Waals surface area contributed by atoms with Gasteiger partial charge >= 0.3 is 0 Å². The third-order valence-corrected chi connectivity index (χ3v) is 7.59. The predicted octanol–water partition coefficient (Wildman–Crippen LogP) is 8.55. The zero-order valence-corrected chi connectivity index (χ0v) is 25.9. The average Bonchev–Trinajstić information content (AvgIpc) is 2.97. The molecule has 0 aliphatic heterocycles. The van der Waals surface area contributed by atoms with E-state index < -0.39 is 0 Å². The van der Waals surface area contributed by atoms with Gasteiger partial charge in [0.2, 0.25) is 0 Å². The molecule has 0 aliphatic carbocycles. The summed E-state index contributed by atoms with van der Waals surface area (Å²) in [6, 6.07) is 18.5. The zero-order chi connectivity index (χ0) is 28.0. The Balaban J connectivity index is 1.61. The molecule has 0 unspecified atom stereocenters. The van der Waals surface area contributed by atoms with Crippen molar-refractivity contribution in [1.29, 1.82) is 0 Å². The van der Waals surface area contributed by atoms with Crippen molar-refractivity contribution >= 4 is 11.4 Å². The van der Waals surface area contributed by atoms with Crippen molar-refractivity contribution < 1.29 is 0 Å². The molecule has 2 aromatic carbocycles. The third kappa shape index (κ3) is 14.2. The Morgan fingerprint density at radius 1 is 0.436 bits per heavy atom. The molecule has 0 spiro atoms. The zero-order valence-electron chi connectivity index (χ0n) is 25.9. The summed E-state index contributed by atoms with van der Waals surface area (Å²) >= 11 is 0. The first kappa shape index (κ1) is 33.2. The van der Waals surface area contributed by atoms with Crippen molar-refractivity contribution in [2.75, 3.05) is 49.1 Å². The lowest BCUT2D eigenvalue weighted by Gasteiger charge is -2.25. The lowest BCUT2D eigenvalue weighted by atomic mass is 10.1. The second-order valence-electron chi connectivity index (χ2n) is 11.1. The smallest absolute Gasteiger partial charge is 0.0366 e. The van der Waals surface area contributed by atoms with E-state index in [2.05, 4.69) is 96.7 Å². The molecule has 4 heteroatoms. The Bertz CT molecular complexity index is 810. The highest BCUT2D eigenvalue weighted by atomic mass is 15.1. The minimum Gasteiger partial charge on any atom is -0.372 e. The molecule has 0 saturated carbocycles. The molecule has 0 bridgehead atoms. The van der Waals surface area contributed by atoms with E-state index in [1.165, 1.54) is 119 Å². The van der Waals surface area contributed by atoms with Crippen LogP contribution in [-0.2, 0) is 13.1 Å². The Hall–Kier alpha value is -2.04. The fraction of sp³-hybridized carbons (Fsp3) is 0.657. The number of benzene rings is 2. The van der Waals surface area contributed by atoms with Crippen LogP contribution in [0.1, 0.15) is 109 Å². The van der Waals surface area contributed by atoms with Gasteiger partial charge in [0.25, 0.3) is 0 Å². The first-order valence-corrected chi connectivity index (χ1v) is 16.3. The van der Waals surface area contributed by atoms with Crippen molar-refractivity contribution in [3.05, 3.63) is 59.7 Å². The van der Waals surface area contributed by atoms with Crippen LogP contribution in [0.3, 0.4) is 0 Å².